The molecule has 0 bridgehead atoms. The normalized spacial score (nSPS) is 21.5. The van der Waals surface area contributed by atoms with E-state index in [4.69, 9.17) is 9.84 Å². The van der Waals surface area contributed by atoms with Crippen molar-refractivity contribution in [1.82, 2.24) is 10.2 Å². The van der Waals surface area contributed by atoms with E-state index in [0.29, 0.717) is 19.6 Å². The Morgan fingerprint density at radius 3 is 2.67 bits per heavy atom. The van der Waals surface area contributed by atoms with E-state index < -0.39 is 11.6 Å². The second-order valence-electron chi connectivity index (χ2n) is 5.46. The minimum absolute atomic E-state index is 0.0621. The van der Waals surface area contributed by atoms with Gasteiger partial charge in [-0.05, 0) is 32.2 Å². The van der Waals surface area contributed by atoms with Gasteiger partial charge in [-0.2, -0.15) is 0 Å². The first-order chi connectivity index (χ1) is 8.48. The van der Waals surface area contributed by atoms with E-state index in [9.17, 15) is 9.59 Å². The van der Waals surface area contributed by atoms with Gasteiger partial charge in [-0.25, -0.2) is 4.79 Å². The van der Waals surface area contributed by atoms with Gasteiger partial charge in [0.2, 0.25) is 5.91 Å². The van der Waals surface area contributed by atoms with E-state index in [1.54, 1.807) is 4.90 Å². The average molecular weight is 256 g/mol. The first-order valence-electron chi connectivity index (χ1n) is 6.33. The van der Waals surface area contributed by atoms with Gasteiger partial charge >= 0.3 is 5.97 Å². The number of ether oxygens (including phenoxy) is 1. The molecule has 1 saturated heterocycles. The summed E-state index contributed by atoms with van der Waals surface area (Å²) in [7, 11) is 0. The second-order valence-corrected chi connectivity index (χ2v) is 5.46. The van der Waals surface area contributed by atoms with E-state index in [1.807, 2.05) is 6.92 Å². The van der Waals surface area contributed by atoms with Crippen LogP contribution in [0, 0.1) is 5.92 Å². The zero-order chi connectivity index (χ0) is 13.2. The largest absolute Gasteiger partial charge is 0.480 e. The van der Waals surface area contributed by atoms with Crippen molar-refractivity contribution in [2.75, 3.05) is 32.8 Å². The molecule has 2 aliphatic rings. The highest BCUT2D eigenvalue weighted by molar-refractivity contribution is 5.79. The molecule has 102 valence electrons. The minimum atomic E-state index is -0.980. The van der Waals surface area contributed by atoms with Gasteiger partial charge in [-0.3, -0.25) is 4.79 Å². The van der Waals surface area contributed by atoms with Gasteiger partial charge in [-0.1, -0.05) is 0 Å². The SMILES string of the molecule is CC1(OCC(=O)O)CN(C(=O)CNCC2CC2)C1. The third-order valence-corrected chi connectivity index (χ3v) is 3.35. The number of nitrogens with zero attached hydrogens (tertiary/aromatic N) is 1. The number of likely N-dealkylation sites (tertiary alicyclic amines) is 1. The Bertz CT molecular complexity index is 335. The number of amides is 1. The summed E-state index contributed by atoms with van der Waals surface area (Å²) in [5.74, 6) is -0.155. The maximum atomic E-state index is 11.7. The molecule has 1 aliphatic carbocycles. The summed E-state index contributed by atoms with van der Waals surface area (Å²) < 4.78 is 5.25. The van der Waals surface area contributed by atoms with Crippen LogP contribution in [0.5, 0.6) is 0 Å². The van der Waals surface area contributed by atoms with Gasteiger partial charge in [0.25, 0.3) is 0 Å². The van der Waals surface area contributed by atoms with Crippen molar-refractivity contribution in [1.29, 1.82) is 0 Å². The number of hydrogen-bond acceptors (Lipinski definition) is 4. The number of nitrogens with one attached hydrogen (secondary N) is 1. The average Bonchev–Trinajstić information content (AvgIpc) is 3.06. The lowest BCUT2D eigenvalue weighted by Gasteiger charge is -2.47. The fourth-order valence-corrected chi connectivity index (χ4v) is 2.08. The summed E-state index contributed by atoms with van der Waals surface area (Å²) in [6.45, 7) is 3.77. The van der Waals surface area contributed by atoms with Crippen LogP contribution in [0.2, 0.25) is 0 Å². The Labute approximate surface area is 106 Å². The smallest absolute Gasteiger partial charge is 0.329 e. The Morgan fingerprint density at radius 2 is 2.11 bits per heavy atom. The summed E-state index contributed by atoms with van der Waals surface area (Å²) in [6, 6.07) is 0. The van der Waals surface area contributed by atoms with E-state index in [-0.39, 0.29) is 12.5 Å². The highest BCUT2D eigenvalue weighted by Gasteiger charge is 2.42. The molecular formula is C12H20N2O4. The molecule has 0 spiro atoms. The summed E-state index contributed by atoms with van der Waals surface area (Å²) in [5, 5.41) is 11.7. The monoisotopic (exact) mass is 256 g/mol. The van der Waals surface area contributed by atoms with Crippen LogP contribution >= 0.6 is 0 Å². The van der Waals surface area contributed by atoms with Crippen molar-refractivity contribution in [3.8, 4) is 0 Å². The van der Waals surface area contributed by atoms with E-state index in [1.165, 1.54) is 12.8 Å². The van der Waals surface area contributed by atoms with E-state index >= 15 is 0 Å². The van der Waals surface area contributed by atoms with Crippen molar-refractivity contribution in [3.63, 3.8) is 0 Å². The van der Waals surface area contributed by atoms with Crippen LogP contribution in [0.4, 0.5) is 0 Å². The number of carboxylic acids is 1. The number of carboxylic acid groups (broad SMARTS) is 1. The molecule has 0 aromatic rings. The van der Waals surface area contributed by atoms with Crippen LogP contribution < -0.4 is 5.32 Å². The standard InChI is InChI=1S/C12H20N2O4/c1-12(18-6-11(16)17)7-14(8-12)10(15)5-13-4-9-2-3-9/h9,13H,2-8H2,1H3,(H,16,17). The van der Waals surface area contributed by atoms with Crippen LogP contribution in [0.1, 0.15) is 19.8 Å². The predicted octanol–water partition coefficient (Wildman–Crippen LogP) is -0.312. The zero-order valence-electron chi connectivity index (χ0n) is 10.6. The summed E-state index contributed by atoms with van der Waals surface area (Å²) >= 11 is 0. The van der Waals surface area contributed by atoms with Crippen LogP contribution in [-0.4, -0.2) is 60.3 Å². The first kappa shape index (κ1) is 13.3. The number of aliphatic carboxylic acids is 1. The maximum absolute atomic E-state index is 11.7. The van der Waals surface area contributed by atoms with Crippen LogP contribution in [0.3, 0.4) is 0 Å². The highest BCUT2D eigenvalue weighted by atomic mass is 16.5. The van der Waals surface area contributed by atoms with Gasteiger partial charge < -0.3 is 20.1 Å². The summed E-state index contributed by atoms with van der Waals surface area (Å²) in [5.41, 5.74) is -0.495. The van der Waals surface area contributed by atoms with Crippen molar-refractivity contribution in [2.45, 2.75) is 25.4 Å². The van der Waals surface area contributed by atoms with Crippen molar-refractivity contribution in [3.05, 3.63) is 0 Å². The van der Waals surface area contributed by atoms with Gasteiger partial charge in [0.15, 0.2) is 0 Å². The topological polar surface area (TPSA) is 78.9 Å². The number of carbonyl (C=O) groups excluding carboxylic acids is 1. The molecule has 1 heterocycles. The summed E-state index contributed by atoms with van der Waals surface area (Å²) in [4.78, 5) is 23.8. The second kappa shape index (κ2) is 5.24. The van der Waals surface area contributed by atoms with Crippen molar-refractivity contribution in [2.24, 2.45) is 5.92 Å². The molecule has 2 rings (SSSR count). The highest BCUT2D eigenvalue weighted by Crippen LogP contribution is 2.27. The van der Waals surface area contributed by atoms with Crippen molar-refractivity contribution >= 4 is 11.9 Å². The Morgan fingerprint density at radius 1 is 1.44 bits per heavy atom. The molecule has 0 radical (unpaired) electrons. The summed E-state index contributed by atoms with van der Waals surface area (Å²) in [6.07, 6.45) is 2.54. The quantitative estimate of drug-likeness (QED) is 0.653. The minimum Gasteiger partial charge on any atom is -0.480 e. The zero-order valence-corrected chi connectivity index (χ0v) is 10.6. The fraction of sp³-hybridized carbons (Fsp3) is 0.833. The fourth-order valence-electron chi connectivity index (χ4n) is 2.08. The molecule has 0 unspecified atom stereocenters. The first-order valence-corrected chi connectivity index (χ1v) is 6.33. The lowest BCUT2D eigenvalue weighted by molar-refractivity contribution is -0.172. The molecule has 1 amide bonds. The molecule has 1 aliphatic heterocycles. The molecule has 0 aromatic carbocycles. The maximum Gasteiger partial charge on any atom is 0.329 e. The number of carbonyl (C=O) groups is 2. The number of rotatable bonds is 7. The molecule has 2 N–H and O–H groups in total. The van der Waals surface area contributed by atoms with Gasteiger partial charge in [0.05, 0.1) is 19.6 Å². The van der Waals surface area contributed by atoms with Gasteiger partial charge in [0.1, 0.15) is 12.2 Å². The molecule has 2 fully saturated rings. The third-order valence-electron chi connectivity index (χ3n) is 3.35. The van der Waals surface area contributed by atoms with Crippen LogP contribution in [0.15, 0.2) is 0 Å². The molecule has 6 heteroatoms. The van der Waals surface area contributed by atoms with Crippen LogP contribution in [-0.2, 0) is 14.3 Å². The molecule has 0 aromatic heterocycles. The van der Waals surface area contributed by atoms with E-state index in [2.05, 4.69) is 5.32 Å². The van der Waals surface area contributed by atoms with E-state index in [0.717, 1.165) is 12.5 Å². The van der Waals surface area contributed by atoms with Crippen molar-refractivity contribution < 1.29 is 19.4 Å². The molecule has 0 atom stereocenters. The van der Waals surface area contributed by atoms with Crippen LogP contribution in [0.25, 0.3) is 0 Å². The van der Waals surface area contributed by atoms with Gasteiger partial charge in [0, 0.05) is 0 Å². The third kappa shape index (κ3) is 3.68. The molecule has 18 heavy (non-hydrogen) atoms. The number of hydrogen-bond donors (Lipinski definition) is 2. The Balaban J connectivity index is 1.60. The lowest BCUT2D eigenvalue weighted by Crippen LogP contribution is -2.64. The molecular weight excluding hydrogens is 236 g/mol. The molecule has 6 nitrogen and oxygen atoms in total. The molecule has 1 saturated carbocycles. The Hall–Kier alpha value is -1.14. The van der Waals surface area contributed by atoms with Gasteiger partial charge in [-0.15, -0.1) is 0 Å². The Kier molecular flexibility index (Phi) is 3.87. The predicted molar refractivity (Wildman–Crippen MR) is 64.2 cm³/mol. The lowest BCUT2D eigenvalue weighted by atomic mass is 9.96.